The Labute approximate surface area is 209 Å². The van der Waals surface area contributed by atoms with Gasteiger partial charge in [0.25, 0.3) is 5.91 Å². The number of rotatable bonds is 11. The Bertz CT molecular complexity index is 1040. The molecule has 0 aliphatic carbocycles. The molecular formula is C23H34N8O5. The molecule has 1 aromatic carbocycles. The van der Waals surface area contributed by atoms with Crippen LogP contribution in [0.5, 0.6) is 0 Å². The van der Waals surface area contributed by atoms with Crippen LogP contribution in [0.2, 0.25) is 0 Å². The molecule has 196 valence electrons. The summed E-state index contributed by atoms with van der Waals surface area (Å²) in [6.45, 7) is 3.49. The molecule has 0 saturated carbocycles. The van der Waals surface area contributed by atoms with Gasteiger partial charge in [-0.3, -0.25) is 29.0 Å². The molecule has 1 aliphatic heterocycles. The summed E-state index contributed by atoms with van der Waals surface area (Å²) in [4.78, 5) is 66.5. The highest BCUT2D eigenvalue weighted by Crippen LogP contribution is 2.23. The third-order valence-electron chi connectivity index (χ3n) is 5.79. The molecule has 2 unspecified atom stereocenters. The van der Waals surface area contributed by atoms with Crippen molar-refractivity contribution in [1.82, 2.24) is 15.5 Å². The number of primary amides is 1. The summed E-state index contributed by atoms with van der Waals surface area (Å²) >= 11 is 0. The van der Waals surface area contributed by atoms with Crippen molar-refractivity contribution >= 4 is 41.2 Å². The van der Waals surface area contributed by atoms with Crippen LogP contribution in [0.25, 0.3) is 0 Å². The van der Waals surface area contributed by atoms with Gasteiger partial charge in [0.15, 0.2) is 5.96 Å². The second-order valence-electron chi connectivity index (χ2n) is 8.50. The number of aliphatic imine (C=N–C) groups is 1. The fraction of sp³-hybridized carbons (Fsp3) is 0.478. The van der Waals surface area contributed by atoms with E-state index in [1.807, 2.05) is 0 Å². The van der Waals surface area contributed by atoms with E-state index in [9.17, 15) is 24.0 Å². The van der Waals surface area contributed by atoms with E-state index in [4.69, 9.17) is 17.2 Å². The monoisotopic (exact) mass is 502 g/mol. The van der Waals surface area contributed by atoms with Gasteiger partial charge in [0.05, 0.1) is 6.54 Å². The van der Waals surface area contributed by atoms with Crippen LogP contribution in [0, 0.1) is 6.92 Å². The minimum Gasteiger partial charge on any atom is -0.370 e. The average Bonchev–Trinajstić information content (AvgIpc) is 3.30. The van der Waals surface area contributed by atoms with Crippen molar-refractivity contribution in [2.75, 3.05) is 25.0 Å². The molecular weight excluding hydrogens is 468 g/mol. The number of hydrogen-bond donors (Lipinski definition) is 6. The maximum Gasteiger partial charge on any atom is 0.252 e. The SMILES string of the molecule is CC(=O)NCC(=O)N1CCCC1C(=O)Nc1cccc(C(=O)NC(CCCN=C(N)N)C(N)=O)c1C. The highest BCUT2D eigenvalue weighted by atomic mass is 16.2. The van der Waals surface area contributed by atoms with Gasteiger partial charge in [-0.05, 0) is 50.3 Å². The first-order chi connectivity index (χ1) is 17.0. The zero-order valence-corrected chi connectivity index (χ0v) is 20.5. The van der Waals surface area contributed by atoms with Crippen LogP contribution < -0.4 is 33.2 Å². The number of amides is 5. The first-order valence-electron chi connectivity index (χ1n) is 11.6. The zero-order chi connectivity index (χ0) is 26.8. The molecule has 9 N–H and O–H groups in total. The van der Waals surface area contributed by atoms with Crippen LogP contribution in [-0.2, 0) is 19.2 Å². The molecule has 1 saturated heterocycles. The molecule has 0 spiro atoms. The van der Waals surface area contributed by atoms with Gasteiger partial charge in [-0.25, -0.2) is 0 Å². The summed E-state index contributed by atoms with van der Waals surface area (Å²) in [7, 11) is 0. The van der Waals surface area contributed by atoms with Crippen molar-refractivity contribution in [1.29, 1.82) is 0 Å². The normalized spacial score (nSPS) is 15.5. The second kappa shape index (κ2) is 13.1. The molecule has 2 rings (SSSR count). The van der Waals surface area contributed by atoms with Crippen LogP contribution in [0.4, 0.5) is 5.69 Å². The molecule has 0 bridgehead atoms. The minimum absolute atomic E-state index is 0.0676. The van der Waals surface area contributed by atoms with Crippen molar-refractivity contribution in [3.05, 3.63) is 29.3 Å². The van der Waals surface area contributed by atoms with Crippen molar-refractivity contribution < 1.29 is 24.0 Å². The van der Waals surface area contributed by atoms with Crippen molar-refractivity contribution in [3.8, 4) is 0 Å². The van der Waals surface area contributed by atoms with Gasteiger partial charge in [0.1, 0.15) is 12.1 Å². The van der Waals surface area contributed by atoms with Crippen molar-refractivity contribution in [2.24, 2.45) is 22.2 Å². The molecule has 1 aliphatic rings. The van der Waals surface area contributed by atoms with E-state index in [1.54, 1.807) is 25.1 Å². The van der Waals surface area contributed by atoms with Crippen molar-refractivity contribution in [2.45, 2.75) is 51.6 Å². The summed E-state index contributed by atoms with van der Waals surface area (Å²) in [5, 5.41) is 7.86. The van der Waals surface area contributed by atoms with E-state index >= 15 is 0 Å². The predicted octanol–water partition coefficient (Wildman–Crippen LogP) is -1.30. The fourth-order valence-corrected chi connectivity index (χ4v) is 3.90. The molecule has 0 aromatic heterocycles. The number of carbonyl (C=O) groups is 5. The number of likely N-dealkylation sites (tertiary alicyclic amines) is 1. The van der Waals surface area contributed by atoms with E-state index < -0.39 is 23.9 Å². The highest BCUT2D eigenvalue weighted by Gasteiger charge is 2.34. The Balaban J connectivity index is 2.07. The van der Waals surface area contributed by atoms with Crippen LogP contribution >= 0.6 is 0 Å². The number of nitrogens with one attached hydrogen (secondary N) is 3. The number of nitrogens with zero attached hydrogens (tertiary/aromatic N) is 2. The lowest BCUT2D eigenvalue weighted by atomic mass is 10.0. The maximum absolute atomic E-state index is 13.0. The lowest BCUT2D eigenvalue weighted by Gasteiger charge is -2.24. The fourth-order valence-electron chi connectivity index (χ4n) is 3.90. The van der Waals surface area contributed by atoms with Gasteiger partial charge in [-0.15, -0.1) is 0 Å². The molecule has 1 aromatic rings. The van der Waals surface area contributed by atoms with E-state index in [1.165, 1.54) is 11.8 Å². The Kier molecular flexibility index (Phi) is 10.2. The van der Waals surface area contributed by atoms with Gasteiger partial charge < -0.3 is 38.1 Å². The van der Waals surface area contributed by atoms with Crippen LogP contribution in [-0.4, -0.2) is 72.1 Å². The van der Waals surface area contributed by atoms with Crippen LogP contribution in [0.1, 0.15) is 48.5 Å². The number of hydrogen-bond acceptors (Lipinski definition) is 6. The second-order valence-corrected chi connectivity index (χ2v) is 8.50. The average molecular weight is 503 g/mol. The Morgan fingerprint density at radius 3 is 2.53 bits per heavy atom. The van der Waals surface area contributed by atoms with Gasteiger partial charge in [0.2, 0.25) is 23.6 Å². The Morgan fingerprint density at radius 2 is 1.89 bits per heavy atom. The largest absolute Gasteiger partial charge is 0.370 e. The van der Waals surface area contributed by atoms with Gasteiger partial charge in [-0.2, -0.15) is 0 Å². The molecule has 13 heteroatoms. The molecule has 5 amide bonds. The number of anilines is 1. The Hall–Kier alpha value is -4.16. The summed E-state index contributed by atoms with van der Waals surface area (Å²) in [5.41, 5.74) is 17.1. The molecule has 2 atom stereocenters. The zero-order valence-electron chi connectivity index (χ0n) is 20.5. The van der Waals surface area contributed by atoms with Gasteiger partial charge >= 0.3 is 0 Å². The van der Waals surface area contributed by atoms with Crippen molar-refractivity contribution in [3.63, 3.8) is 0 Å². The number of benzene rings is 1. The standard InChI is InChI=1S/C23H34N8O5/c1-13-15(21(35)30-17(20(24)34)8-4-10-27-23(25)26)6-3-7-16(13)29-22(36)18-9-5-11-31(18)19(33)12-28-14(2)32/h3,6-7,17-18H,4-5,8-12H2,1-2H3,(H2,24,34)(H,28,32)(H,29,36)(H,30,35)(H4,25,26,27). The summed E-state index contributed by atoms with van der Waals surface area (Å²) in [5.74, 6) is -2.35. The van der Waals surface area contributed by atoms with E-state index in [2.05, 4.69) is 20.9 Å². The molecule has 36 heavy (non-hydrogen) atoms. The first-order valence-corrected chi connectivity index (χ1v) is 11.6. The third kappa shape index (κ3) is 7.96. The number of carbonyl (C=O) groups excluding carboxylic acids is 5. The van der Waals surface area contributed by atoms with Gasteiger partial charge in [0, 0.05) is 31.3 Å². The van der Waals surface area contributed by atoms with E-state index in [0.717, 1.165) is 0 Å². The van der Waals surface area contributed by atoms with Gasteiger partial charge in [-0.1, -0.05) is 6.07 Å². The number of nitrogens with two attached hydrogens (primary N) is 3. The lowest BCUT2D eigenvalue weighted by molar-refractivity contribution is -0.136. The minimum atomic E-state index is -0.925. The first kappa shape index (κ1) is 28.1. The molecule has 13 nitrogen and oxygen atoms in total. The highest BCUT2D eigenvalue weighted by molar-refractivity contribution is 6.02. The molecule has 0 radical (unpaired) electrons. The molecule has 1 heterocycles. The lowest BCUT2D eigenvalue weighted by Crippen LogP contribution is -2.47. The quantitative estimate of drug-likeness (QED) is 0.122. The third-order valence-corrected chi connectivity index (χ3v) is 5.79. The topological polar surface area (TPSA) is 215 Å². The van der Waals surface area contributed by atoms with E-state index in [0.29, 0.717) is 37.1 Å². The summed E-state index contributed by atoms with van der Waals surface area (Å²) in [6.07, 6.45) is 1.82. The summed E-state index contributed by atoms with van der Waals surface area (Å²) < 4.78 is 0. The molecule has 1 fully saturated rings. The number of guanidine groups is 1. The van der Waals surface area contributed by atoms with Crippen LogP contribution in [0.15, 0.2) is 23.2 Å². The summed E-state index contributed by atoms with van der Waals surface area (Å²) in [6, 6.07) is 3.20. The van der Waals surface area contributed by atoms with Crippen LogP contribution in [0.3, 0.4) is 0 Å². The smallest absolute Gasteiger partial charge is 0.252 e. The Morgan fingerprint density at radius 1 is 1.17 bits per heavy atom. The predicted molar refractivity (Wildman–Crippen MR) is 134 cm³/mol. The van der Waals surface area contributed by atoms with E-state index in [-0.39, 0.29) is 48.8 Å². The maximum atomic E-state index is 13.0.